The molecule has 0 N–H and O–H groups in total. The summed E-state index contributed by atoms with van der Waals surface area (Å²) in [6.45, 7) is 2.54. The summed E-state index contributed by atoms with van der Waals surface area (Å²) in [4.78, 5) is 17.3. The number of carbonyl (C=O) groups excluding carboxylic acids is 1. The molecule has 0 atom stereocenters. The van der Waals surface area contributed by atoms with E-state index in [4.69, 9.17) is 5.26 Å². The van der Waals surface area contributed by atoms with Gasteiger partial charge >= 0.3 is 0 Å². The summed E-state index contributed by atoms with van der Waals surface area (Å²) in [5, 5.41) is 8.84. The zero-order chi connectivity index (χ0) is 10.8. The maximum absolute atomic E-state index is 11.5. The normalized spacial score (nSPS) is 15.5. The van der Waals surface area contributed by atoms with Crippen LogP contribution in [0.25, 0.3) is 0 Å². The Balaban J connectivity index is 2.37. The molecule has 1 fully saturated rings. The van der Waals surface area contributed by atoms with E-state index in [1.54, 1.807) is 11.0 Å². The third-order valence-corrected chi connectivity index (χ3v) is 2.54. The molecule has 1 aliphatic rings. The van der Waals surface area contributed by atoms with Gasteiger partial charge in [-0.05, 0) is 25.0 Å². The summed E-state index contributed by atoms with van der Waals surface area (Å²) in [5.41, 5.74) is 1.24. The molecule has 0 bridgehead atoms. The minimum Gasteiger partial charge on any atom is -0.297 e. The number of anilines is 1. The highest BCUT2D eigenvalue weighted by Gasteiger charge is 2.22. The molecule has 15 heavy (non-hydrogen) atoms. The summed E-state index contributed by atoms with van der Waals surface area (Å²) in [7, 11) is 0. The fraction of sp³-hybridized carbons (Fsp3) is 0.364. The van der Waals surface area contributed by atoms with Gasteiger partial charge in [0.15, 0.2) is 0 Å². The second-order valence-electron chi connectivity index (χ2n) is 3.60. The van der Waals surface area contributed by atoms with Crippen LogP contribution < -0.4 is 4.90 Å². The van der Waals surface area contributed by atoms with Crippen LogP contribution in [-0.2, 0) is 4.79 Å². The van der Waals surface area contributed by atoms with Crippen molar-refractivity contribution in [3.63, 3.8) is 0 Å². The molecule has 4 nitrogen and oxygen atoms in total. The first-order valence-corrected chi connectivity index (χ1v) is 4.90. The number of hydrogen-bond donors (Lipinski definition) is 0. The molecular weight excluding hydrogens is 190 g/mol. The van der Waals surface area contributed by atoms with Gasteiger partial charge in [0, 0.05) is 13.0 Å². The van der Waals surface area contributed by atoms with Gasteiger partial charge in [-0.15, -0.1) is 0 Å². The van der Waals surface area contributed by atoms with Crippen LogP contribution in [0.5, 0.6) is 0 Å². The van der Waals surface area contributed by atoms with E-state index in [-0.39, 0.29) is 5.91 Å². The zero-order valence-electron chi connectivity index (χ0n) is 8.53. The predicted molar refractivity (Wildman–Crippen MR) is 55.3 cm³/mol. The fourth-order valence-electron chi connectivity index (χ4n) is 1.67. The van der Waals surface area contributed by atoms with Crippen LogP contribution in [0.1, 0.15) is 24.1 Å². The van der Waals surface area contributed by atoms with E-state index in [0.29, 0.717) is 24.5 Å². The van der Waals surface area contributed by atoms with Crippen LogP contribution >= 0.6 is 0 Å². The lowest BCUT2D eigenvalue weighted by Gasteiger charge is -2.14. The average molecular weight is 201 g/mol. The lowest BCUT2D eigenvalue weighted by molar-refractivity contribution is -0.117. The molecule has 0 saturated carbocycles. The van der Waals surface area contributed by atoms with Crippen molar-refractivity contribution in [2.45, 2.75) is 19.8 Å². The van der Waals surface area contributed by atoms with Crippen LogP contribution in [0, 0.1) is 18.3 Å². The van der Waals surface area contributed by atoms with Gasteiger partial charge in [0.2, 0.25) is 5.91 Å². The SMILES string of the molecule is Cc1ccc(N2CCCC2=O)nc1C#N. The van der Waals surface area contributed by atoms with Crippen LogP contribution in [0.2, 0.25) is 0 Å². The van der Waals surface area contributed by atoms with Crippen molar-refractivity contribution in [2.24, 2.45) is 0 Å². The van der Waals surface area contributed by atoms with Crippen LogP contribution in [0.4, 0.5) is 5.82 Å². The lowest BCUT2D eigenvalue weighted by Crippen LogP contribution is -2.24. The quantitative estimate of drug-likeness (QED) is 0.689. The Hall–Kier alpha value is -1.89. The van der Waals surface area contributed by atoms with Gasteiger partial charge in [0.25, 0.3) is 0 Å². The van der Waals surface area contributed by atoms with E-state index in [1.165, 1.54) is 0 Å². The first kappa shape index (κ1) is 9.66. The van der Waals surface area contributed by atoms with Crippen molar-refractivity contribution in [2.75, 3.05) is 11.4 Å². The molecular formula is C11H11N3O. The number of aromatic nitrogens is 1. The van der Waals surface area contributed by atoms with Gasteiger partial charge < -0.3 is 0 Å². The van der Waals surface area contributed by atoms with Gasteiger partial charge in [-0.2, -0.15) is 5.26 Å². The van der Waals surface area contributed by atoms with Crippen molar-refractivity contribution in [3.8, 4) is 6.07 Å². The Morgan fingerprint density at radius 1 is 1.53 bits per heavy atom. The van der Waals surface area contributed by atoms with E-state index in [9.17, 15) is 4.79 Å². The monoisotopic (exact) mass is 201 g/mol. The summed E-state index contributed by atoms with van der Waals surface area (Å²) in [5.74, 6) is 0.690. The number of nitriles is 1. The van der Waals surface area contributed by atoms with E-state index >= 15 is 0 Å². The van der Waals surface area contributed by atoms with Gasteiger partial charge in [0.1, 0.15) is 17.6 Å². The van der Waals surface area contributed by atoms with Crippen molar-refractivity contribution in [1.29, 1.82) is 5.26 Å². The zero-order valence-corrected chi connectivity index (χ0v) is 8.53. The highest BCUT2D eigenvalue weighted by molar-refractivity contribution is 5.94. The van der Waals surface area contributed by atoms with Crippen molar-refractivity contribution in [1.82, 2.24) is 4.98 Å². The molecule has 1 amide bonds. The Morgan fingerprint density at radius 3 is 2.93 bits per heavy atom. The molecule has 0 radical (unpaired) electrons. The van der Waals surface area contributed by atoms with Crippen LogP contribution in [0.3, 0.4) is 0 Å². The molecule has 1 aromatic rings. The molecule has 0 spiro atoms. The van der Waals surface area contributed by atoms with Crippen LogP contribution in [0.15, 0.2) is 12.1 Å². The standard InChI is InChI=1S/C11H11N3O/c1-8-4-5-10(13-9(8)7-12)14-6-2-3-11(14)15/h4-5H,2-3,6H2,1H3. The Bertz CT molecular complexity index is 448. The van der Waals surface area contributed by atoms with Gasteiger partial charge in [-0.3, -0.25) is 9.69 Å². The topological polar surface area (TPSA) is 57.0 Å². The van der Waals surface area contributed by atoms with Crippen LogP contribution in [-0.4, -0.2) is 17.4 Å². The predicted octanol–water partition coefficient (Wildman–Crippen LogP) is 1.39. The Morgan fingerprint density at radius 2 is 2.33 bits per heavy atom. The van der Waals surface area contributed by atoms with E-state index in [0.717, 1.165) is 12.0 Å². The molecule has 1 aromatic heterocycles. The maximum Gasteiger partial charge on any atom is 0.228 e. The number of pyridine rings is 1. The molecule has 1 aliphatic heterocycles. The van der Waals surface area contributed by atoms with E-state index < -0.39 is 0 Å². The number of aryl methyl sites for hydroxylation is 1. The highest BCUT2D eigenvalue weighted by Crippen LogP contribution is 2.20. The molecule has 0 aliphatic carbocycles. The summed E-state index contributed by atoms with van der Waals surface area (Å²) < 4.78 is 0. The van der Waals surface area contributed by atoms with Crippen molar-refractivity contribution < 1.29 is 4.79 Å². The van der Waals surface area contributed by atoms with E-state index in [2.05, 4.69) is 4.98 Å². The molecule has 0 aromatic carbocycles. The first-order valence-electron chi connectivity index (χ1n) is 4.90. The maximum atomic E-state index is 11.5. The molecule has 0 unspecified atom stereocenters. The van der Waals surface area contributed by atoms with Gasteiger partial charge in [-0.1, -0.05) is 6.07 Å². The fourth-order valence-corrected chi connectivity index (χ4v) is 1.67. The second kappa shape index (κ2) is 3.70. The summed E-state index contributed by atoms with van der Waals surface area (Å²) in [6, 6.07) is 5.64. The van der Waals surface area contributed by atoms with Crippen molar-refractivity contribution >= 4 is 11.7 Å². The summed E-state index contributed by atoms with van der Waals surface area (Å²) in [6.07, 6.45) is 1.45. The highest BCUT2D eigenvalue weighted by atomic mass is 16.2. The molecule has 76 valence electrons. The second-order valence-corrected chi connectivity index (χ2v) is 3.60. The number of rotatable bonds is 1. The Kier molecular flexibility index (Phi) is 2.38. The van der Waals surface area contributed by atoms with Gasteiger partial charge in [-0.25, -0.2) is 4.98 Å². The molecule has 2 heterocycles. The first-order chi connectivity index (χ1) is 7.22. The average Bonchev–Trinajstić information content (AvgIpc) is 2.65. The lowest BCUT2D eigenvalue weighted by atomic mass is 10.2. The Labute approximate surface area is 88.1 Å². The largest absolute Gasteiger partial charge is 0.297 e. The summed E-state index contributed by atoms with van der Waals surface area (Å²) >= 11 is 0. The number of amides is 1. The number of nitrogens with zero attached hydrogens (tertiary/aromatic N) is 3. The molecule has 2 rings (SSSR count). The van der Waals surface area contributed by atoms with E-state index in [1.807, 2.05) is 19.1 Å². The third kappa shape index (κ3) is 1.68. The van der Waals surface area contributed by atoms with Crippen molar-refractivity contribution in [3.05, 3.63) is 23.4 Å². The van der Waals surface area contributed by atoms with Gasteiger partial charge in [0.05, 0.1) is 0 Å². The minimum atomic E-state index is 0.0928. The minimum absolute atomic E-state index is 0.0928. The number of carbonyl (C=O) groups is 1. The molecule has 4 heteroatoms. The molecule has 1 saturated heterocycles. The smallest absolute Gasteiger partial charge is 0.228 e. The third-order valence-electron chi connectivity index (χ3n) is 2.54. The number of hydrogen-bond acceptors (Lipinski definition) is 3.